The Morgan fingerprint density at radius 3 is 2.71 bits per heavy atom. The van der Waals surface area contributed by atoms with Crippen LogP contribution in [0.1, 0.15) is 30.4 Å². The lowest BCUT2D eigenvalue weighted by Gasteiger charge is -2.17. The van der Waals surface area contributed by atoms with Crippen LogP contribution < -0.4 is 4.74 Å². The molecule has 0 fully saturated rings. The summed E-state index contributed by atoms with van der Waals surface area (Å²) in [6.45, 7) is 4.30. The smallest absolute Gasteiger partial charge is 0.122 e. The highest BCUT2D eigenvalue weighted by atomic mass is 35.5. The van der Waals surface area contributed by atoms with Crippen LogP contribution in [0.25, 0.3) is 0 Å². The van der Waals surface area contributed by atoms with Gasteiger partial charge in [-0.2, -0.15) is 0 Å². The minimum atomic E-state index is 0.462. The summed E-state index contributed by atoms with van der Waals surface area (Å²) in [7, 11) is 1.71. The average Bonchev–Trinajstić information content (AvgIpc) is 2.17. The van der Waals surface area contributed by atoms with Gasteiger partial charge in [-0.05, 0) is 36.5 Å². The van der Waals surface area contributed by atoms with E-state index in [1.54, 1.807) is 7.11 Å². The first-order valence-corrected chi connectivity index (χ1v) is 5.43. The van der Waals surface area contributed by atoms with E-state index in [-0.39, 0.29) is 0 Å². The summed E-state index contributed by atoms with van der Waals surface area (Å²) in [6.07, 6.45) is 0.989. The molecule has 0 aliphatic heterocycles. The van der Waals surface area contributed by atoms with Crippen molar-refractivity contribution in [2.45, 2.75) is 26.2 Å². The van der Waals surface area contributed by atoms with Crippen LogP contribution in [0.5, 0.6) is 5.75 Å². The van der Waals surface area contributed by atoms with Gasteiger partial charge >= 0.3 is 0 Å². The highest BCUT2D eigenvalue weighted by Crippen LogP contribution is 2.31. The Bertz CT molecular complexity index is 296. The molecule has 0 aromatic heterocycles. The summed E-state index contributed by atoms with van der Waals surface area (Å²) in [5.41, 5.74) is 2.57. The predicted molar refractivity (Wildman–Crippen MR) is 61.5 cm³/mol. The van der Waals surface area contributed by atoms with Gasteiger partial charge in [0.2, 0.25) is 0 Å². The molecule has 0 bridgehead atoms. The zero-order chi connectivity index (χ0) is 10.6. The first kappa shape index (κ1) is 11.4. The fourth-order valence-corrected chi connectivity index (χ4v) is 2.10. The van der Waals surface area contributed by atoms with Crippen LogP contribution in [0.15, 0.2) is 18.2 Å². The molecule has 0 radical (unpaired) electrons. The number of benzene rings is 1. The lowest BCUT2D eigenvalue weighted by atomic mass is 9.93. The van der Waals surface area contributed by atoms with Gasteiger partial charge in [0.05, 0.1) is 7.11 Å². The maximum Gasteiger partial charge on any atom is 0.122 e. The van der Waals surface area contributed by atoms with Crippen molar-refractivity contribution < 1.29 is 4.74 Å². The summed E-state index contributed by atoms with van der Waals surface area (Å²) in [5.74, 6) is 2.13. The summed E-state index contributed by atoms with van der Waals surface area (Å²) in [4.78, 5) is 0. The molecule has 0 amide bonds. The zero-order valence-corrected chi connectivity index (χ0v) is 9.77. The third-order valence-electron chi connectivity index (χ3n) is 2.54. The van der Waals surface area contributed by atoms with Crippen molar-refractivity contribution in [1.82, 2.24) is 0 Å². The largest absolute Gasteiger partial charge is 0.496 e. The van der Waals surface area contributed by atoms with E-state index in [2.05, 4.69) is 19.9 Å². The number of rotatable bonds is 4. The van der Waals surface area contributed by atoms with Gasteiger partial charge in [-0.15, -0.1) is 11.6 Å². The van der Waals surface area contributed by atoms with E-state index in [9.17, 15) is 0 Å². The fourth-order valence-electron chi connectivity index (χ4n) is 1.77. The minimum Gasteiger partial charge on any atom is -0.496 e. The second-order valence-corrected chi connectivity index (χ2v) is 3.95. The quantitative estimate of drug-likeness (QED) is 0.691. The van der Waals surface area contributed by atoms with Gasteiger partial charge in [0.15, 0.2) is 0 Å². The standard InChI is InChI=1S/C12H17ClO/c1-9-5-4-6-11(14-3)12(9)10(2)7-8-13/h4-6,10H,7-8H2,1-3H3. The van der Waals surface area contributed by atoms with Crippen LogP contribution >= 0.6 is 11.6 Å². The molecule has 14 heavy (non-hydrogen) atoms. The van der Waals surface area contributed by atoms with E-state index in [1.807, 2.05) is 12.1 Å². The molecule has 78 valence electrons. The molecular weight excluding hydrogens is 196 g/mol. The lowest BCUT2D eigenvalue weighted by Crippen LogP contribution is -2.01. The topological polar surface area (TPSA) is 9.23 Å². The SMILES string of the molecule is COc1cccc(C)c1C(C)CCCl. The van der Waals surface area contributed by atoms with Crippen LogP contribution in [0.2, 0.25) is 0 Å². The van der Waals surface area contributed by atoms with E-state index in [0.29, 0.717) is 11.8 Å². The summed E-state index contributed by atoms with van der Waals surface area (Å²) < 4.78 is 5.35. The van der Waals surface area contributed by atoms with Crippen LogP contribution in [0, 0.1) is 6.92 Å². The zero-order valence-electron chi connectivity index (χ0n) is 9.01. The van der Waals surface area contributed by atoms with E-state index >= 15 is 0 Å². The van der Waals surface area contributed by atoms with Crippen molar-refractivity contribution in [3.63, 3.8) is 0 Å². The fraction of sp³-hybridized carbons (Fsp3) is 0.500. The van der Waals surface area contributed by atoms with Crippen molar-refractivity contribution in [2.75, 3.05) is 13.0 Å². The predicted octanol–water partition coefficient (Wildman–Crippen LogP) is 3.74. The van der Waals surface area contributed by atoms with Crippen LogP contribution in [-0.2, 0) is 0 Å². The molecule has 1 atom stereocenters. The van der Waals surface area contributed by atoms with Gasteiger partial charge in [-0.3, -0.25) is 0 Å². The Morgan fingerprint density at radius 2 is 2.14 bits per heavy atom. The monoisotopic (exact) mass is 212 g/mol. The molecule has 0 aliphatic carbocycles. The molecule has 0 saturated heterocycles. The highest BCUT2D eigenvalue weighted by Gasteiger charge is 2.12. The van der Waals surface area contributed by atoms with Gasteiger partial charge in [-0.25, -0.2) is 0 Å². The molecule has 1 aromatic rings. The maximum atomic E-state index is 5.75. The summed E-state index contributed by atoms with van der Waals surface area (Å²) >= 11 is 5.75. The third kappa shape index (κ3) is 2.42. The van der Waals surface area contributed by atoms with Gasteiger partial charge < -0.3 is 4.74 Å². The van der Waals surface area contributed by atoms with Crippen LogP contribution in [-0.4, -0.2) is 13.0 Å². The molecular formula is C12H17ClO. The van der Waals surface area contributed by atoms with E-state index in [0.717, 1.165) is 12.2 Å². The number of alkyl halides is 1. The van der Waals surface area contributed by atoms with Gasteiger partial charge in [0.25, 0.3) is 0 Å². The van der Waals surface area contributed by atoms with Gasteiger partial charge in [0.1, 0.15) is 5.75 Å². The van der Waals surface area contributed by atoms with Crippen molar-refractivity contribution >= 4 is 11.6 Å². The molecule has 0 heterocycles. The van der Waals surface area contributed by atoms with Gasteiger partial charge in [0, 0.05) is 5.88 Å². The molecule has 0 saturated carbocycles. The Labute approximate surface area is 91.0 Å². The van der Waals surface area contributed by atoms with E-state index in [1.165, 1.54) is 11.1 Å². The first-order valence-electron chi connectivity index (χ1n) is 4.90. The van der Waals surface area contributed by atoms with Gasteiger partial charge in [-0.1, -0.05) is 19.1 Å². The maximum absolute atomic E-state index is 5.75. The Kier molecular flexibility index (Phi) is 4.27. The minimum absolute atomic E-state index is 0.462. The lowest BCUT2D eigenvalue weighted by molar-refractivity contribution is 0.405. The van der Waals surface area contributed by atoms with E-state index < -0.39 is 0 Å². The molecule has 1 unspecified atom stereocenters. The second-order valence-electron chi connectivity index (χ2n) is 3.57. The van der Waals surface area contributed by atoms with Crippen LogP contribution in [0.3, 0.4) is 0 Å². The normalized spacial score (nSPS) is 12.6. The van der Waals surface area contributed by atoms with E-state index in [4.69, 9.17) is 16.3 Å². The first-order chi connectivity index (χ1) is 6.70. The number of methoxy groups -OCH3 is 1. The molecule has 1 aromatic carbocycles. The molecule has 1 nitrogen and oxygen atoms in total. The summed E-state index contributed by atoms with van der Waals surface area (Å²) in [6, 6.07) is 6.14. The summed E-state index contributed by atoms with van der Waals surface area (Å²) in [5, 5.41) is 0. The molecule has 0 spiro atoms. The van der Waals surface area contributed by atoms with Crippen molar-refractivity contribution in [2.24, 2.45) is 0 Å². The average molecular weight is 213 g/mol. The number of hydrogen-bond acceptors (Lipinski definition) is 1. The Morgan fingerprint density at radius 1 is 1.43 bits per heavy atom. The number of hydrogen-bond donors (Lipinski definition) is 0. The second kappa shape index (κ2) is 5.26. The molecule has 0 aliphatic rings. The highest BCUT2D eigenvalue weighted by molar-refractivity contribution is 6.17. The Hall–Kier alpha value is -0.690. The molecule has 1 rings (SSSR count). The third-order valence-corrected chi connectivity index (χ3v) is 2.76. The number of aryl methyl sites for hydroxylation is 1. The number of halogens is 1. The molecule has 2 heteroatoms. The van der Waals surface area contributed by atoms with Crippen molar-refractivity contribution in [3.05, 3.63) is 29.3 Å². The molecule has 0 N–H and O–H groups in total. The van der Waals surface area contributed by atoms with Crippen molar-refractivity contribution in [1.29, 1.82) is 0 Å². The van der Waals surface area contributed by atoms with Crippen LogP contribution in [0.4, 0.5) is 0 Å². The van der Waals surface area contributed by atoms with Crippen molar-refractivity contribution in [3.8, 4) is 5.75 Å². The number of ether oxygens (including phenoxy) is 1. The Balaban J connectivity index is 3.03.